The molecule has 0 saturated heterocycles. The van der Waals surface area contributed by atoms with Gasteiger partial charge in [-0.25, -0.2) is 9.97 Å². The first-order chi connectivity index (χ1) is 25.5. The minimum absolute atomic E-state index is 0.120. The van der Waals surface area contributed by atoms with E-state index in [0.717, 1.165) is 33.9 Å². The first-order valence-electron chi connectivity index (χ1n) is 18.1. The number of hydrogen-bond acceptors (Lipinski definition) is 2. The molecule has 52 heavy (non-hydrogen) atoms. The van der Waals surface area contributed by atoms with Gasteiger partial charge in [-0.2, -0.15) is 0 Å². The van der Waals surface area contributed by atoms with Gasteiger partial charge in [-0.05, 0) is 61.7 Å². The van der Waals surface area contributed by atoms with Gasteiger partial charge in [0.25, 0.3) is 0 Å². The summed E-state index contributed by atoms with van der Waals surface area (Å²) in [7, 11) is 0. The van der Waals surface area contributed by atoms with Crippen LogP contribution in [0.15, 0.2) is 182 Å². The van der Waals surface area contributed by atoms with Crippen LogP contribution in [-0.2, 0) is 10.8 Å². The van der Waals surface area contributed by atoms with Crippen molar-refractivity contribution in [2.75, 3.05) is 0 Å². The largest absolute Gasteiger partial charge is 0.228 e. The Morgan fingerprint density at radius 2 is 0.788 bits per heavy atom. The molecular weight excluding hydrogens is 629 g/mol. The van der Waals surface area contributed by atoms with Gasteiger partial charge in [0.05, 0.1) is 16.8 Å². The molecule has 0 saturated carbocycles. The smallest absolute Gasteiger partial charge is 0.160 e. The Balaban J connectivity index is 1.15. The Labute approximate surface area is 305 Å². The zero-order valence-corrected chi connectivity index (χ0v) is 29.2. The van der Waals surface area contributed by atoms with E-state index in [9.17, 15) is 0 Å². The standard InChI is InChI=1S/C50H36N2/c1-49(2)40-23-11-13-25-42(40)50(43-26-14-12-24-41(43)49)39-22-10-9-20-38(39)47-37(21-15-27-44(47)50)33-28-30-35(31-29-33)46-32-45(34-16-5-3-6-17-34)51-48(52-46)36-18-7-4-8-19-36/h3-32H,1-2H3. The Morgan fingerprint density at radius 1 is 0.346 bits per heavy atom. The van der Waals surface area contributed by atoms with Crippen LogP contribution in [0.5, 0.6) is 0 Å². The molecule has 2 aliphatic rings. The van der Waals surface area contributed by atoms with Crippen LogP contribution < -0.4 is 0 Å². The minimum atomic E-state index is -0.410. The van der Waals surface area contributed by atoms with Crippen LogP contribution in [0.1, 0.15) is 47.2 Å². The lowest BCUT2D eigenvalue weighted by Gasteiger charge is -2.46. The van der Waals surface area contributed by atoms with Crippen molar-refractivity contribution in [3.05, 3.63) is 215 Å². The quantitative estimate of drug-likeness (QED) is 0.187. The van der Waals surface area contributed by atoms with E-state index in [1.165, 1.54) is 55.6 Å². The van der Waals surface area contributed by atoms with Crippen molar-refractivity contribution >= 4 is 0 Å². The summed E-state index contributed by atoms with van der Waals surface area (Å²) in [6.07, 6.45) is 0. The molecule has 0 bridgehead atoms. The molecule has 7 aromatic carbocycles. The van der Waals surface area contributed by atoms with E-state index >= 15 is 0 Å². The lowest BCUT2D eigenvalue weighted by Crippen LogP contribution is -2.40. The summed E-state index contributed by atoms with van der Waals surface area (Å²) in [5.41, 5.74) is 17.7. The van der Waals surface area contributed by atoms with Gasteiger partial charge in [-0.1, -0.05) is 190 Å². The van der Waals surface area contributed by atoms with Crippen LogP contribution in [0.25, 0.3) is 56.2 Å². The predicted molar refractivity (Wildman–Crippen MR) is 213 cm³/mol. The van der Waals surface area contributed by atoms with Crippen LogP contribution in [-0.4, -0.2) is 9.97 Å². The molecule has 10 rings (SSSR count). The Morgan fingerprint density at radius 3 is 1.40 bits per heavy atom. The lowest BCUT2D eigenvalue weighted by atomic mass is 9.55. The van der Waals surface area contributed by atoms with Gasteiger partial charge in [0, 0.05) is 22.1 Å². The normalized spacial score (nSPS) is 14.3. The molecule has 8 aromatic rings. The number of nitrogens with zero attached hydrogens (tertiary/aromatic N) is 2. The Hall–Kier alpha value is -6.38. The van der Waals surface area contributed by atoms with E-state index in [4.69, 9.17) is 9.97 Å². The molecule has 0 aliphatic heterocycles. The molecule has 2 heteroatoms. The molecule has 0 amide bonds. The zero-order valence-electron chi connectivity index (χ0n) is 29.2. The van der Waals surface area contributed by atoms with Crippen molar-refractivity contribution < 1.29 is 0 Å². The van der Waals surface area contributed by atoms with Gasteiger partial charge in [0.1, 0.15) is 0 Å². The molecule has 2 nitrogen and oxygen atoms in total. The number of hydrogen-bond donors (Lipinski definition) is 0. The van der Waals surface area contributed by atoms with Crippen molar-refractivity contribution in [2.45, 2.75) is 24.7 Å². The first-order valence-corrected chi connectivity index (χ1v) is 18.1. The predicted octanol–water partition coefficient (Wildman–Crippen LogP) is 12.1. The number of rotatable bonds is 4. The average molecular weight is 665 g/mol. The molecule has 246 valence electrons. The first kappa shape index (κ1) is 30.4. The second-order valence-electron chi connectivity index (χ2n) is 14.5. The molecule has 2 aliphatic carbocycles. The Kier molecular flexibility index (Phi) is 6.78. The fraction of sp³-hybridized carbons (Fsp3) is 0.0800. The highest BCUT2D eigenvalue weighted by Gasteiger charge is 2.53. The molecular formula is C50H36N2. The summed E-state index contributed by atoms with van der Waals surface area (Å²) < 4.78 is 0. The SMILES string of the molecule is CC1(C)c2ccccc2C2(c3ccccc3-c3c(-c4ccc(-c5cc(-c6ccccc6)nc(-c6ccccc6)n5)cc4)cccc32)c2ccccc21. The summed E-state index contributed by atoms with van der Waals surface area (Å²) in [5, 5.41) is 0. The summed E-state index contributed by atoms with van der Waals surface area (Å²) in [5.74, 6) is 0.722. The topological polar surface area (TPSA) is 25.8 Å². The van der Waals surface area contributed by atoms with Gasteiger partial charge in [0.2, 0.25) is 0 Å². The molecule has 1 aromatic heterocycles. The maximum Gasteiger partial charge on any atom is 0.160 e. The van der Waals surface area contributed by atoms with Crippen LogP contribution in [0.2, 0.25) is 0 Å². The van der Waals surface area contributed by atoms with Crippen LogP contribution in [0.4, 0.5) is 0 Å². The van der Waals surface area contributed by atoms with Gasteiger partial charge in [-0.3, -0.25) is 0 Å². The number of fused-ring (bicyclic) bond motifs is 9. The van der Waals surface area contributed by atoms with Gasteiger partial charge < -0.3 is 0 Å². The second-order valence-corrected chi connectivity index (χ2v) is 14.5. The van der Waals surface area contributed by atoms with Gasteiger partial charge in [-0.15, -0.1) is 0 Å². The van der Waals surface area contributed by atoms with E-state index in [1.54, 1.807) is 0 Å². The molecule has 0 unspecified atom stereocenters. The summed E-state index contributed by atoms with van der Waals surface area (Å²) in [6, 6.07) is 65.9. The van der Waals surface area contributed by atoms with E-state index in [2.05, 4.69) is 172 Å². The maximum absolute atomic E-state index is 5.09. The molecule has 0 atom stereocenters. The highest BCUT2D eigenvalue weighted by atomic mass is 14.9. The summed E-state index contributed by atoms with van der Waals surface area (Å²) >= 11 is 0. The second kappa shape index (κ2) is 11.6. The number of aromatic nitrogens is 2. The summed E-state index contributed by atoms with van der Waals surface area (Å²) in [4.78, 5) is 10.1. The van der Waals surface area contributed by atoms with Crippen molar-refractivity contribution in [3.8, 4) is 56.2 Å². The van der Waals surface area contributed by atoms with E-state index in [1.807, 2.05) is 24.3 Å². The fourth-order valence-electron chi connectivity index (χ4n) is 9.04. The van der Waals surface area contributed by atoms with Crippen LogP contribution >= 0.6 is 0 Å². The van der Waals surface area contributed by atoms with Crippen LogP contribution in [0, 0.1) is 0 Å². The molecule has 0 N–H and O–H groups in total. The van der Waals surface area contributed by atoms with Crippen molar-refractivity contribution in [3.63, 3.8) is 0 Å². The molecule has 0 fully saturated rings. The van der Waals surface area contributed by atoms with Crippen molar-refractivity contribution in [1.29, 1.82) is 0 Å². The zero-order chi connectivity index (χ0) is 34.9. The van der Waals surface area contributed by atoms with Gasteiger partial charge in [0.15, 0.2) is 5.82 Å². The van der Waals surface area contributed by atoms with Crippen molar-refractivity contribution in [1.82, 2.24) is 9.97 Å². The van der Waals surface area contributed by atoms with Crippen molar-refractivity contribution in [2.24, 2.45) is 0 Å². The third kappa shape index (κ3) is 4.37. The van der Waals surface area contributed by atoms with E-state index in [-0.39, 0.29) is 5.41 Å². The minimum Gasteiger partial charge on any atom is -0.228 e. The summed E-state index contributed by atoms with van der Waals surface area (Å²) in [6.45, 7) is 4.75. The maximum atomic E-state index is 5.09. The fourth-order valence-corrected chi connectivity index (χ4v) is 9.04. The van der Waals surface area contributed by atoms with E-state index in [0.29, 0.717) is 0 Å². The third-order valence-corrected chi connectivity index (χ3v) is 11.4. The highest BCUT2D eigenvalue weighted by Crippen LogP contribution is 2.63. The van der Waals surface area contributed by atoms with Gasteiger partial charge >= 0.3 is 0 Å². The highest BCUT2D eigenvalue weighted by molar-refractivity contribution is 5.96. The van der Waals surface area contributed by atoms with E-state index < -0.39 is 5.41 Å². The van der Waals surface area contributed by atoms with Crippen LogP contribution in [0.3, 0.4) is 0 Å². The Bertz CT molecular complexity index is 2530. The lowest BCUT2D eigenvalue weighted by molar-refractivity contribution is 0.563. The molecule has 0 radical (unpaired) electrons. The molecule has 1 spiro atoms. The monoisotopic (exact) mass is 664 g/mol. The third-order valence-electron chi connectivity index (χ3n) is 11.4. The molecule has 1 heterocycles. The average Bonchev–Trinajstić information content (AvgIpc) is 3.52. The number of benzene rings is 7.